The van der Waals surface area contributed by atoms with Gasteiger partial charge in [0.2, 0.25) is 0 Å². The van der Waals surface area contributed by atoms with Crippen molar-refractivity contribution in [1.29, 1.82) is 0 Å². The van der Waals surface area contributed by atoms with Crippen LogP contribution in [0, 0.1) is 0 Å². The average Bonchev–Trinajstić information content (AvgIpc) is 2.41. The zero-order valence-corrected chi connectivity index (χ0v) is 11.8. The minimum Gasteiger partial charge on any atom is -0.481 e. The summed E-state index contributed by atoms with van der Waals surface area (Å²) in [7, 11) is 1.74. The number of ether oxygens (including phenoxy) is 1. The Bertz CT molecular complexity index is 454. The zero-order valence-electron chi connectivity index (χ0n) is 11.0. The van der Waals surface area contributed by atoms with Gasteiger partial charge in [0.05, 0.1) is 6.10 Å². The Balaban J connectivity index is 2.88. The van der Waals surface area contributed by atoms with E-state index in [4.69, 9.17) is 21.4 Å². The highest BCUT2D eigenvalue weighted by atomic mass is 35.5. The molecule has 0 bridgehead atoms. The van der Waals surface area contributed by atoms with E-state index in [1.54, 1.807) is 13.1 Å². The van der Waals surface area contributed by atoms with Gasteiger partial charge in [0.25, 0.3) is 0 Å². The summed E-state index contributed by atoms with van der Waals surface area (Å²) in [5, 5.41) is 31.8. The molecule has 0 fully saturated rings. The van der Waals surface area contributed by atoms with Gasteiger partial charge in [0.15, 0.2) is 6.61 Å². The van der Waals surface area contributed by atoms with Crippen LogP contribution in [0.2, 0.25) is 5.02 Å². The number of nitrogens with one attached hydrogen (secondary N) is 1. The summed E-state index contributed by atoms with van der Waals surface area (Å²) < 4.78 is 5.08. The quantitative estimate of drug-likeness (QED) is 0.567. The number of carboxylic acid groups (broad SMARTS) is 1. The summed E-state index contributed by atoms with van der Waals surface area (Å²) in [6.45, 7) is -0.0101. The molecule has 7 heteroatoms. The van der Waals surface area contributed by atoms with E-state index in [1.165, 1.54) is 12.1 Å². The molecule has 6 nitrogen and oxygen atoms in total. The van der Waals surface area contributed by atoms with Crippen LogP contribution < -0.4 is 10.1 Å². The Morgan fingerprint density at radius 2 is 2.15 bits per heavy atom. The summed E-state index contributed by atoms with van der Waals surface area (Å²) in [4.78, 5) is 10.5. The molecule has 1 aromatic carbocycles. The minimum absolute atomic E-state index is 0.149. The molecule has 0 spiro atoms. The molecule has 2 atom stereocenters. The van der Waals surface area contributed by atoms with Gasteiger partial charge in [-0.05, 0) is 32.1 Å². The largest absolute Gasteiger partial charge is 0.481 e. The van der Waals surface area contributed by atoms with Gasteiger partial charge in [0.1, 0.15) is 11.9 Å². The van der Waals surface area contributed by atoms with Crippen LogP contribution in [0.3, 0.4) is 0 Å². The second-order valence-electron chi connectivity index (χ2n) is 4.27. The number of hydrogen-bond acceptors (Lipinski definition) is 5. The summed E-state index contributed by atoms with van der Waals surface area (Å²) in [6, 6.07) is 4.46. The Morgan fingerprint density at radius 3 is 2.75 bits per heavy atom. The molecule has 0 amide bonds. The molecule has 4 N–H and O–H groups in total. The number of rotatable bonds is 8. The smallest absolute Gasteiger partial charge is 0.341 e. The van der Waals surface area contributed by atoms with E-state index in [0.717, 1.165) is 0 Å². The molecule has 0 aliphatic heterocycles. The van der Waals surface area contributed by atoms with Gasteiger partial charge in [-0.2, -0.15) is 0 Å². The first-order valence-electron chi connectivity index (χ1n) is 6.10. The maximum Gasteiger partial charge on any atom is 0.341 e. The fraction of sp³-hybridized carbons (Fsp3) is 0.462. The predicted octanol–water partition coefficient (Wildman–Crippen LogP) is 0.807. The van der Waals surface area contributed by atoms with Crippen molar-refractivity contribution in [3.63, 3.8) is 0 Å². The fourth-order valence-electron chi connectivity index (χ4n) is 1.67. The molecular formula is C13H18ClNO5. The number of aliphatic carboxylic acids is 1. The normalized spacial score (nSPS) is 13.8. The molecule has 0 heterocycles. The van der Waals surface area contributed by atoms with Gasteiger partial charge in [-0.15, -0.1) is 0 Å². The maximum atomic E-state index is 10.5. The molecule has 0 aromatic heterocycles. The standard InChI is InChI=1S/C13H18ClNO5/c1-15-5-4-10(16)13(19)9-3-2-8(14)6-11(9)20-7-12(17)18/h2-3,6,10,13,15-16,19H,4-5,7H2,1H3,(H,17,18). The van der Waals surface area contributed by atoms with Crippen molar-refractivity contribution in [2.45, 2.75) is 18.6 Å². The number of benzene rings is 1. The summed E-state index contributed by atoms with van der Waals surface area (Å²) >= 11 is 5.82. The first-order valence-corrected chi connectivity index (χ1v) is 6.48. The van der Waals surface area contributed by atoms with Crippen LogP contribution in [-0.4, -0.2) is 47.6 Å². The second-order valence-corrected chi connectivity index (χ2v) is 4.71. The van der Waals surface area contributed by atoms with E-state index >= 15 is 0 Å². The van der Waals surface area contributed by atoms with Crippen LogP contribution in [0.4, 0.5) is 0 Å². The SMILES string of the molecule is CNCCC(O)C(O)c1ccc(Cl)cc1OCC(=O)O. The van der Waals surface area contributed by atoms with Crippen LogP contribution in [0.1, 0.15) is 18.1 Å². The molecular weight excluding hydrogens is 286 g/mol. The van der Waals surface area contributed by atoms with Crippen molar-refractivity contribution in [1.82, 2.24) is 5.32 Å². The van der Waals surface area contributed by atoms with Gasteiger partial charge in [0, 0.05) is 10.6 Å². The average molecular weight is 304 g/mol. The molecule has 0 saturated carbocycles. The van der Waals surface area contributed by atoms with E-state index in [-0.39, 0.29) is 5.75 Å². The molecule has 1 rings (SSSR count). The number of hydrogen-bond donors (Lipinski definition) is 4. The van der Waals surface area contributed by atoms with E-state index < -0.39 is 24.8 Å². The Morgan fingerprint density at radius 1 is 1.45 bits per heavy atom. The predicted molar refractivity (Wildman–Crippen MR) is 74.1 cm³/mol. The Labute approximate surface area is 121 Å². The molecule has 0 aliphatic rings. The van der Waals surface area contributed by atoms with Gasteiger partial charge in [-0.1, -0.05) is 17.7 Å². The third-order valence-corrected chi connectivity index (χ3v) is 2.94. The fourth-order valence-corrected chi connectivity index (χ4v) is 1.84. The number of carboxylic acids is 1. The molecule has 112 valence electrons. The van der Waals surface area contributed by atoms with Gasteiger partial charge in [-0.3, -0.25) is 0 Å². The molecule has 20 heavy (non-hydrogen) atoms. The van der Waals surface area contributed by atoms with Crippen molar-refractivity contribution < 1.29 is 24.9 Å². The Hall–Kier alpha value is -1.34. The molecule has 1 aromatic rings. The van der Waals surface area contributed by atoms with Crippen molar-refractivity contribution in [3.8, 4) is 5.75 Å². The monoisotopic (exact) mass is 303 g/mol. The second kappa shape index (κ2) is 8.06. The van der Waals surface area contributed by atoms with Gasteiger partial charge < -0.3 is 25.4 Å². The topological polar surface area (TPSA) is 99.0 Å². The summed E-state index contributed by atoms with van der Waals surface area (Å²) in [5.74, 6) is -0.989. The minimum atomic E-state index is -1.18. The van der Waals surface area contributed by atoms with Crippen molar-refractivity contribution in [2.75, 3.05) is 20.2 Å². The molecule has 0 aliphatic carbocycles. The number of aliphatic hydroxyl groups excluding tert-OH is 2. The lowest BCUT2D eigenvalue weighted by Gasteiger charge is -2.20. The van der Waals surface area contributed by atoms with Crippen molar-refractivity contribution >= 4 is 17.6 Å². The van der Waals surface area contributed by atoms with E-state index in [0.29, 0.717) is 23.6 Å². The maximum absolute atomic E-state index is 10.5. The first-order chi connectivity index (χ1) is 9.45. The lowest BCUT2D eigenvalue weighted by atomic mass is 10.0. The van der Waals surface area contributed by atoms with Crippen LogP contribution in [-0.2, 0) is 4.79 Å². The van der Waals surface area contributed by atoms with E-state index in [1.807, 2.05) is 0 Å². The third-order valence-electron chi connectivity index (χ3n) is 2.70. The Kier molecular flexibility index (Phi) is 6.74. The molecule has 0 saturated heterocycles. The molecule has 2 unspecified atom stereocenters. The first kappa shape index (κ1) is 16.7. The number of carbonyl (C=O) groups is 1. The lowest BCUT2D eigenvalue weighted by molar-refractivity contribution is -0.139. The highest BCUT2D eigenvalue weighted by molar-refractivity contribution is 6.30. The number of aliphatic hydroxyl groups is 2. The molecule has 0 radical (unpaired) electrons. The van der Waals surface area contributed by atoms with Crippen LogP contribution in [0.5, 0.6) is 5.75 Å². The van der Waals surface area contributed by atoms with Crippen molar-refractivity contribution in [3.05, 3.63) is 28.8 Å². The van der Waals surface area contributed by atoms with Crippen LogP contribution in [0.25, 0.3) is 0 Å². The highest BCUT2D eigenvalue weighted by Crippen LogP contribution is 2.31. The zero-order chi connectivity index (χ0) is 15.1. The highest BCUT2D eigenvalue weighted by Gasteiger charge is 2.22. The van der Waals surface area contributed by atoms with Crippen LogP contribution in [0.15, 0.2) is 18.2 Å². The van der Waals surface area contributed by atoms with Gasteiger partial charge in [-0.25, -0.2) is 4.79 Å². The van der Waals surface area contributed by atoms with Gasteiger partial charge >= 0.3 is 5.97 Å². The van der Waals surface area contributed by atoms with E-state index in [2.05, 4.69) is 5.32 Å². The van der Waals surface area contributed by atoms with Crippen molar-refractivity contribution in [2.24, 2.45) is 0 Å². The van der Waals surface area contributed by atoms with E-state index in [9.17, 15) is 15.0 Å². The third kappa shape index (κ3) is 4.97. The summed E-state index contributed by atoms with van der Waals surface area (Å²) in [5.41, 5.74) is 0.305. The summed E-state index contributed by atoms with van der Waals surface area (Å²) in [6.07, 6.45) is -1.82. The number of halogens is 1. The lowest BCUT2D eigenvalue weighted by Crippen LogP contribution is -2.24. The van der Waals surface area contributed by atoms with Crippen LogP contribution >= 0.6 is 11.6 Å².